The van der Waals surface area contributed by atoms with Crippen molar-refractivity contribution in [2.75, 3.05) is 19.0 Å². The largest absolute Gasteiger partial charge is 0.466 e. The molecule has 9 heteroatoms. The highest BCUT2D eigenvalue weighted by molar-refractivity contribution is 6.42. The normalized spacial score (nSPS) is 15.8. The lowest BCUT2D eigenvalue weighted by molar-refractivity contribution is -0.136. The van der Waals surface area contributed by atoms with Crippen LogP contribution < -0.4 is 10.6 Å². The Bertz CT molecular complexity index is 1120. The summed E-state index contributed by atoms with van der Waals surface area (Å²) in [6.45, 7) is 4.27. The number of methoxy groups -OCH3 is 1. The predicted octanol–water partition coefficient (Wildman–Crippen LogP) is 5.56. The smallest absolute Gasteiger partial charge is 0.337 e. The Morgan fingerprint density at radius 1 is 1.15 bits per heavy atom. The molecule has 1 aliphatic heterocycles. The van der Waals surface area contributed by atoms with Crippen LogP contribution in [0.3, 0.4) is 0 Å². The molecule has 1 unspecified atom stereocenters. The number of unbranched alkanes of at least 4 members (excludes halogenated alkanes) is 1. The molecule has 3 amide bonds. The van der Waals surface area contributed by atoms with Crippen molar-refractivity contribution < 1.29 is 19.1 Å². The minimum Gasteiger partial charge on any atom is -0.466 e. The molecule has 0 radical (unpaired) electrons. The molecular formula is C24H25Cl2N3O4. The Labute approximate surface area is 202 Å². The molecule has 0 spiro atoms. The Kier molecular flexibility index (Phi) is 8.00. The van der Waals surface area contributed by atoms with E-state index in [1.165, 1.54) is 13.2 Å². The summed E-state index contributed by atoms with van der Waals surface area (Å²) >= 11 is 11.9. The molecule has 33 heavy (non-hydrogen) atoms. The number of nitrogens with zero attached hydrogens (tertiary/aromatic N) is 1. The monoisotopic (exact) mass is 489 g/mol. The Balaban J connectivity index is 1.92. The number of amides is 3. The van der Waals surface area contributed by atoms with Crippen molar-refractivity contribution in [3.05, 3.63) is 74.9 Å². The molecule has 1 heterocycles. The van der Waals surface area contributed by atoms with Crippen molar-refractivity contribution >= 4 is 46.8 Å². The van der Waals surface area contributed by atoms with Crippen LogP contribution in [0.1, 0.15) is 48.7 Å². The second-order valence-electron chi connectivity index (χ2n) is 7.59. The van der Waals surface area contributed by atoms with Gasteiger partial charge in [0.25, 0.3) is 5.91 Å². The summed E-state index contributed by atoms with van der Waals surface area (Å²) < 4.78 is 5.01. The van der Waals surface area contributed by atoms with Gasteiger partial charge >= 0.3 is 12.0 Å². The number of hydrogen-bond donors (Lipinski definition) is 2. The summed E-state index contributed by atoms with van der Waals surface area (Å²) in [5, 5.41) is 6.33. The van der Waals surface area contributed by atoms with E-state index in [1.807, 2.05) is 6.92 Å². The Morgan fingerprint density at radius 2 is 1.91 bits per heavy atom. The van der Waals surface area contributed by atoms with Gasteiger partial charge in [-0.25, -0.2) is 9.59 Å². The molecule has 1 aliphatic rings. The summed E-state index contributed by atoms with van der Waals surface area (Å²) in [7, 11) is 1.31. The summed E-state index contributed by atoms with van der Waals surface area (Å²) in [5.41, 5.74) is 2.37. The third-order valence-electron chi connectivity index (χ3n) is 5.40. The number of rotatable bonds is 7. The van der Waals surface area contributed by atoms with E-state index in [1.54, 1.807) is 48.2 Å². The van der Waals surface area contributed by atoms with Gasteiger partial charge in [-0.2, -0.15) is 0 Å². The number of benzene rings is 2. The summed E-state index contributed by atoms with van der Waals surface area (Å²) in [6.07, 6.45) is 1.72. The third kappa shape index (κ3) is 5.49. The quantitative estimate of drug-likeness (QED) is 0.498. The minimum absolute atomic E-state index is 0.277. The van der Waals surface area contributed by atoms with Crippen molar-refractivity contribution in [1.82, 2.24) is 10.2 Å². The first-order chi connectivity index (χ1) is 15.8. The van der Waals surface area contributed by atoms with Crippen molar-refractivity contribution in [3.8, 4) is 0 Å². The van der Waals surface area contributed by atoms with Gasteiger partial charge in [-0.3, -0.25) is 9.69 Å². The van der Waals surface area contributed by atoms with Crippen LogP contribution in [0.4, 0.5) is 10.5 Å². The molecular weight excluding hydrogens is 465 g/mol. The van der Waals surface area contributed by atoms with Gasteiger partial charge in [-0.05, 0) is 49.2 Å². The average Bonchev–Trinajstić information content (AvgIpc) is 2.80. The maximum atomic E-state index is 12.8. The van der Waals surface area contributed by atoms with Crippen LogP contribution in [0.5, 0.6) is 0 Å². The van der Waals surface area contributed by atoms with Gasteiger partial charge in [-0.15, -0.1) is 0 Å². The molecule has 0 aromatic heterocycles. The van der Waals surface area contributed by atoms with Gasteiger partial charge in [0.1, 0.15) is 0 Å². The molecule has 2 N–H and O–H groups in total. The second-order valence-corrected chi connectivity index (χ2v) is 8.40. The standard InChI is InChI=1S/C24H25Cl2N3O4/c1-4-5-11-29-14(2)20(23(31)33-3)21(28-24(29)32)15-7-6-8-17(12-15)27-22(30)16-9-10-18(25)19(26)13-16/h6-10,12-13,21H,4-5,11H2,1-3H3,(H,27,30)(H,28,32). The third-order valence-corrected chi connectivity index (χ3v) is 6.14. The van der Waals surface area contributed by atoms with Gasteiger partial charge < -0.3 is 15.4 Å². The molecule has 7 nitrogen and oxygen atoms in total. The average molecular weight is 490 g/mol. The van der Waals surface area contributed by atoms with E-state index in [0.717, 1.165) is 12.8 Å². The van der Waals surface area contributed by atoms with Gasteiger partial charge in [0, 0.05) is 23.5 Å². The number of ether oxygens (including phenoxy) is 1. The molecule has 174 valence electrons. The van der Waals surface area contributed by atoms with Crippen LogP contribution >= 0.6 is 23.2 Å². The molecule has 0 saturated carbocycles. The van der Waals surface area contributed by atoms with Crippen LogP contribution in [0.25, 0.3) is 0 Å². The molecule has 0 saturated heterocycles. The van der Waals surface area contributed by atoms with E-state index in [9.17, 15) is 14.4 Å². The molecule has 0 bridgehead atoms. The lowest BCUT2D eigenvalue weighted by atomic mass is 9.94. The number of allylic oxidation sites excluding steroid dienone is 1. The maximum Gasteiger partial charge on any atom is 0.337 e. The number of hydrogen-bond acceptors (Lipinski definition) is 4. The highest BCUT2D eigenvalue weighted by atomic mass is 35.5. The van der Waals surface area contributed by atoms with E-state index in [-0.39, 0.29) is 17.0 Å². The summed E-state index contributed by atoms with van der Waals surface area (Å²) in [6, 6.07) is 10.5. The molecule has 0 aliphatic carbocycles. The van der Waals surface area contributed by atoms with Crippen LogP contribution in [-0.2, 0) is 9.53 Å². The van der Waals surface area contributed by atoms with Crippen LogP contribution in [0, 0.1) is 0 Å². The first kappa shape index (κ1) is 24.6. The fraction of sp³-hybridized carbons (Fsp3) is 0.292. The van der Waals surface area contributed by atoms with E-state index < -0.39 is 12.0 Å². The van der Waals surface area contributed by atoms with E-state index >= 15 is 0 Å². The Hall–Kier alpha value is -3.03. The van der Waals surface area contributed by atoms with Gasteiger partial charge in [0.15, 0.2) is 0 Å². The number of esters is 1. The van der Waals surface area contributed by atoms with E-state index in [4.69, 9.17) is 27.9 Å². The first-order valence-corrected chi connectivity index (χ1v) is 11.3. The number of urea groups is 1. The molecule has 1 atom stereocenters. The zero-order chi connectivity index (χ0) is 24.1. The number of anilines is 1. The molecule has 2 aromatic rings. The highest BCUT2D eigenvalue weighted by Gasteiger charge is 2.36. The van der Waals surface area contributed by atoms with Gasteiger partial charge in [-0.1, -0.05) is 48.7 Å². The second kappa shape index (κ2) is 10.7. The van der Waals surface area contributed by atoms with Crippen molar-refractivity contribution in [2.24, 2.45) is 0 Å². The van der Waals surface area contributed by atoms with Crippen molar-refractivity contribution in [2.45, 2.75) is 32.7 Å². The predicted molar refractivity (Wildman–Crippen MR) is 128 cm³/mol. The van der Waals surface area contributed by atoms with Crippen LogP contribution in [-0.4, -0.2) is 36.5 Å². The zero-order valence-electron chi connectivity index (χ0n) is 18.6. The van der Waals surface area contributed by atoms with Crippen molar-refractivity contribution in [3.63, 3.8) is 0 Å². The van der Waals surface area contributed by atoms with Crippen LogP contribution in [0.15, 0.2) is 53.7 Å². The van der Waals surface area contributed by atoms with Crippen molar-refractivity contribution in [1.29, 1.82) is 0 Å². The molecule has 0 fully saturated rings. The van der Waals surface area contributed by atoms with Gasteiger partial charge in [0.2, 0.25) is 0 Å². The topological polar surface area (TPSA) is 87.7 Å². The summed E-state index contributed by atoms with van der Waals surface area (Å²) in [4.78, 5) is 39.7. The molecule has 3 rings (SSSR count). The minimum atomic E-state index is -0.718. The van der Waals surface area contributed by atoms with E-state index in [0.29, 0.717) is 39.7 Å². The number of halogens is 2. The number of nitrogens with one attached hydrogen (secondary N) is 2. The SMILES string of the molecule is CCCCN1C(=O)NC(c2cccc(NC(=O)c3ccc(Cl)c(Cl)c3)c2)C(C(=O)OC)=C1C. The first-order valence-electron chi connectivity index (χ1n) is 10.5. The lowest BCUT2D eigenvalue weighted by Gasteiger charge is -2.35. The zero-order valence-corrected chi connectivity index (χ0v) is 20.1. The van der Waals surface area contributed by atoms with Gasteiger partial charge in [0.05, 0.1) is 28.8 Å². The highest BCUT2D eigenvalue weighted by Crippen LogP contribution is 2.32. The summed E-state index contributed by atoms with van der Waals surface area (Å²) in [5.74, 6) is -0.895. The maximum absolute atomic E-state index is 12.8. The number of carbonyl (C=O) groups excluding carboxylic acids is 3. The fourth-order valence-corrected chi connectivity index (χ4v) is 3.93. The Morgan fingerprint density at radius 3 is 2.58 bits per heavy atom. The molecule has 2 aromatic carbocycles. The lowest BCUT2D eigenvalue weighted by Crippen LogP contribution is -2.48. The van der Waals surface area contributed by atoms with E-state index in [2.05, 4.69) is 10.6 Å². The fourth-order valence-electron chi connectivity index (χ4n) is 3.63. The number of carbonyl (C=O) groups is 3. The van der Waals surface area contributed by atoms with Crippen LogP contribution in [0.2, 0.25) is 10.0 Å².